The summed E-state index contributed by atoms with van der Waals surface area (Å²) < 4.78 is 24.5. The van der Waals surface area contributed by atoms with Gasteiger partial charge in [0.1, 0.15) is 0 Å². The highest BCUT2D eigenvalue weighted by molar-refractivity contribution is 7.91. The Morgan fingerprint density at radius 3 is 2.42 bits per heavy atom. The van der Waals surface area contributed by atoms with Crippen molar-refractivity contribution in [3.05, 3.63) is 47.9 Å². The Morgan fingerprint density at radius 1 is 1.21 bits per heavy atom. The lowest BCUT2D eigenvalue weighted by molar-refractivity contribution is 0.487. The molecular weight excluding hydrogens is 256 g/mol. The summed E-state index contributed by atoms with van der Waals surface area (Å²) in [6.07, 6.45) is 5.10. The van der Waals surface area contributed by atoms with Gasteiger partial charge in [-0.15, -0.1) is 0 Å². The SMILES string of the molecule is C[C](C)[C@H]1CC=C(CS(=O)(=O)c2ccccc2)CC1. The topological polar surface area (TPSA) is 34.1 Å². The van der Waals surface area contributed by atoms with Gasteiger partial charge in [0.25, 0.3) is 0 Å². The molecule has 103 valence electrons. The molecule has 1 radical (unpaired) electrons. The standard InChI is InChI=1S/C16H21O2S/c1-13(2)15-10-8-14(9-11-15)12-19(17,18)16-6-4-3-5-7-16/h3-8,15H,9-12H2,1-2H3/t15-/m0/s1. The average molecular weight is 277 g/mol. The molecular formula is C16H21O2S. The molecule has 0 aliphatic heterocycles. The van der Waals surface area contributed by atoms with Crippen LogP contribution in [0.25, 0.3) is 0 Å². The second kappa shape index (κ2) is 5.91. The van der Waals surface area contributed by atoms with Gasteiger partial charge in [-0.2, -0.15) is 0 Å². The van der Waals surface area contributed by atoms with Crippen LogP contribution in [0.4, 0.5) is 0 Å². The zero-order chi connectivity index (χ0) is 13.9. The fraction of sp³-hybridized carbons (Fsp3) is 0.438. The molecule has 1 atom stereocenters. The van der Waals surface area contributed by atoms with E-state index in [1.54, 1.807) is 24.3 Å². The first kappa shape index (κ1) is 14.3. The molecule has 0 saturated carbocycles. The van der Waals surface area contributed by atoms with Crippen molar-refractivity contribution < 1.29 is 8.42 Å². The Labute approximate surface area is 116 Å². The van der Waals surface area contributed by atoms with Crippen molar-refractivity contribution in [2.24, 2.45) is 5.92 Å². The van der Waals surface area contributed by atoms with Crippen molar-refractivity contribution in [1.29, 1.82) is 0 Å². The lowest BCUT2D eigenvalue weighted by Crippen LogP contribution is -2.15. The molecule has 3 heteroatoms. The maximum absolute atomic E-state index is 12.3. The maximum Gasteiger partial charge on any atom is 0.182 e. The third-order valence-electron chi connectivity index (χ3n) is 3.80. The fourth-order valence-corrected chi connectivity index (χ4v) is 3.99. The van der Waals surface area contributed by atoms with Crippen molar-refractivity contribution in [3.8, 4) is 0 Å². The Kier molecular flexibility index (Phi) is 4.46. The molecule has 0 amide bonds. The third kappa shape index (κ3) is 3.69. The van der Waals surface area contributed by atoms with E-state index in [-0.39, 0.29) is 5.75 Å². The molecule has 0 fully saturated rings. The van der Waals surface area contributed by atoms with Gasteiger partial charge in [-0.3, -0.25) is 0 Å². The van der Waals surface area contributed by atoms with Crippen LogP contribution in [0.15, 0.2) is 46.9 Å². The van der Waals surface area contributed by atoms with Gasteiger partial charge >= 0.3 is 0 Å². The van der Waals surface area contributed by atoms with Crippen LogP contribution in [0, 0.1) is 11.8 Å². The van der Waals surface area contributed by atoms with Gasteiger partial charge in [0.05, 0.1) is 10.6 Å². The molecule has 0 N–H and O–H groups in total. The molecule has 0 bridgehead atoms. The molecule has 2 nitrogen and oxygen atoms in total. The number of sulfone groups is 1. The van der Waals surface area contributed by atoms with Crippen LogP contribution in [0.2, 0.25) is 0 Å². The average Bonchev–Trinajstić information content (AvgIpc) is 2.40. The highest BCUT2D eigenvalue weighted by atomic mass is 32.2. The van der Waals surface area contributed by atoms with Gasteiger partial charge in [-0.25, -0.2) is 8.42 Å². The van der Waals surface area contributed by atoms with Crippen molar-refractivity contribution in [2.45, 2.75) is 38.0 Å². The van der Waals surface area contributed by atoms with E-state index < -0.39 is 9.84 Å². The minimum Gasteiger partial charge on any atom is -0.223 e. The summed E-state index contributed by atoms with van der Waals surface area (Å²) in [6.45, 7) is 4.31. The smallest absolute Gasteiger partial charge is 0.182 e. The number of hydrogen-bond donors (Lipinski definition) is 0. The molecule has 2 rings (SSSR count). The summed E-state index contributed by atoms with van der Waals surface area (Å²) in [7, 11) is -3.17. The first-order chi connectivity index (χ1) is 8.99. The van der Waals surface area contributed by atoms with E-state index in [2.05, 4.69) is 19.9 Å². The Bertz CT molecular complexity index is 541. The largest absolute Gasteiger partial charge is 0.223 e. The van der Waals surface area contributed by atoms with Crippen LogP contribution < -0.4 is 0 Å². The highest BCUT2D eigenvalue weighted by Gasteiger charge is 2.22. The molecule has 1 aromatic rings. The second-order valence-corrected chi connectivity index (χ2v) is 7.47. The van der Waals surface area contributed by atoms with Gasteiger partial charge < -0.3 is 0 Å². The van der Waals surface area contributed by atoms with E-state index in [9.17, 15) is 8.42 Å². The van der Waals surface area contributed by atoms with Gasteiger partial charge in [-0.05, 0) is 43.2 Å². The number of allylic oxidation sites excluding steroid dienone is 1. The Morgan fingerprint density at radius 2 is 1.89 bits per heavy atom. The van der Waals surface area contributed by atoms with Crippen LogP contribution in [0.5, 0.6) is 0 Å². The molecule has 0 saturated heterocycles. The second-order valence-electron chi connectivity index (χ2n) is 5.48. The number of hydrogen-bond acceptors (Lipinski definition) is 2. The van der Waals surface area contributed by atoms with E-state index in [1.807, 2.05) is 6.07 Å². The van der Waals surface area contributed by atoms with Crippen LogP contribution in [-0.4, -0.2) is 14.2 Å². The molecule has 0 heterocycles. The highest BCUT2D eigenvalue weighted by Crippen LogP contribution is 2.31. The molecule has 1 aliphatic carbocycles. The number of benzene rings is 1. The first-order valence-electron chi connectivity index (χ1n) is 6.75. The molecule has 0 unspecified atom stereocenters. The summed E-state index contributed by atoms with van der Waals surface area (Å²) in [5, 5.41) is 0. The van der Waals surface area contributed by atoms with E-state index in [1.165, 1.54) is 5.92 Å². The van der Waals surface area contributed by atoms with Crippen LogP contribution in [-0.2, 0) is 9.84 Å². The molecule has 0 aromatic heterocycles. The van der Waals surface area contributed by atoms with Crippen LogP contribution >= 0.6 is 0 Å². The van der Waals surface area contributed by atoms with E-state index >= 15 is 0 Å². The van der Waals surface area contributed by atoms with Crippen LogP contribution in [0.3, 0.4) is 0 Å². The predicted octanol–water partition coefficient (Wildman–Crippen LogP) is 3.80. The third-order valence-corrected chi connectivity index (χ3v) is 5.54. The minimum absolute atomic E-state index is 0.173. The quantitative estimate of drug-likeness (QED) is 0.784. The van der Waals surface area contributed by atoms with Gasteiger partial charge in [0.2, 0.25) is 0 Å². The first-order valence-corrected chi connectivity index (χ1v) is 8.40. The zero-order valence-electron chi connectivity index (χ0n) is 11.6. The molecule has 1 aromatic carbocycles. The van der Waals surface area contributed by atoms with E-state index in [4.69, 9.17) is 0 Å². The normalized spacial score (nSPS) is 20.4. The van der Waals surface area contributed by atoms with Crippen molar-refractivity contribution in [3.63, 3.8) is 0 Å². The maximum atomic E-state index is 12.3. The molecule has 0 spiro atoms. The monoisotopic (exact) mass is 277 g/mol. The van der Waals surface area contributed by atoms with Gasteiger partial charge in [-0.1, -0.05) is 43.7 Å². The molecule has 19 heavy (non-hydrogen) atoms. The van der Waals surface area contributed by atoms with E-state index in [0.717, 1.165) is 24.8 Å². The van der Waals surface area contributed by atoms with Crippen LogP contribution in [0.1, 0.15) is 33.1 Å². The summed E-state index contributed by atoms with van der Waals surface area (Å²) in [5.41, 5.74) is 1.07. The van der Waals surface area contributed by atoms with Crippen molar-refractivity contribution >= 4 is 9.84 Å². The summed E-state index contributed by atoms with van der Waals surface area (Å²) in [4.78, 5) is 0.427. The summed E-state index contributed by atoms with van der Waals surface area (Å²) >= 11 is 0. The number of rotatable bonds is 4. The van der Waals surface area contributed by atoms with Gasteiger partial charge in [0, 0.05) is 0 Å². The summed E-state index contributed by atoms with van der Waals surface area (Å²) in [5.74, 6) is 2.25. The zero-order valence-corrected chi connectivity index (χ0v) is 12.4. The minimum atomic E-state index is -3.17. The van der Waals surface area contributed by atoms with Crippen molar-refractivity contribution in [2.75, 3.05) is 5.75 Å². The predicted molar refractivity (Wildman–Crippen MR) is 78.5 cm³/mol. The Balaban J connectivity index is 2.07. The Hall–Kier alpha value is -1.09. The van der Waals surface area contributed by atoms with Crippen molar-refractivity contribution in [1.82, 2.24) is 0 Å². The summed E-state index contributed by atoms with van der Waals surface area (Å²) in [6, 6.07) is 8.72. The van der Waals surface area contributed by atoms with Gasteiger partial charge in [0.15, 0.2) is 9.84 Å². The van der Waals surface area contributed by atoms with E-state index in [0.29, 0.717) is 10.8 Å². The lowest BCUT2D eigenvalue weighted by Gasteiger charge is -2.24. The lowest BCUT2D eigenvalue weighted by atomic mass is 9.83. The fourth-order valence-electron chi connectivity index (χ4n) is 2.50. The molecule has 1 aliphatic rings.